The van der Waals surface area contributed by atoms with Crippen LogP contribution in [-0.4, -0.2) is 36.6 Å². The maximum absolute atomic E-state index is 12.7. The number of aromatic amines is 2. The number of imidazole rings is 1. The second kappa shape index (κ2) is 9.97. The summed E-state index contributed by atoms with van der Waals surface area (Å²) >= 11 is 1.74. The molecule has 0 saturated heterocycles. The monoisotopic (exact) mass is 482 g/mol. The zero-order chi connectivity index (χ0) is 23.3. The Balaban J connectivity index is 1.30. The number of anilines is 1. The summed E-state index contributed by atoms with van der Waals surface area (Å²) in [6, 6.07) is 20.6. The lowest BCUT2D eigenvalue weighted by atomic mass is 10.2. The lowest BCUT2D eigenvalue weighted by Gasteiger charge is -2.09. The quantitative estimate of drug-likeness (QED) is 0.214. The zero-order valence-corrected chi connectivity index (χ0v) is 19.1. The third-order valence-corrected chi connectivity index (χ3v) is 7.29. The number of hydrogen-bond donors (Lipinski definition) is 4. The van der Waals surface area contributed by atoms with Crippen molar-refractivity contribution in [3.05, 3.63) is 88.8 Å². The van der Waals surface area contributed by atoms with E-state index in [1.807, 2.05) is 18.2 Å². The smallest absolute Gasteiger partial charge is 0.323 e. The Labute approximate surface area is 194 Å². The fraction of sp³-hybridized carbons (Fsp3) is 0.130. The van der Waals surface area contributed by atoms with Gasteiger partial charge < -0.3 is 15.3 Å². The summed E-state index contributed by atoms with van der Waals surface area (Å²) in [6.07, 6.45) is 0.833. The number of benzene rings is 3. The van der Waals surface area contributed by atoms with E-state index in [1.54, 1.807) is 23.9 Å². The lowest BCUT2D eigenvalue weighted by molar-refractivity contribution is 0.0954. The molecular weight excluding hydrogens is 460 g/mol. The minimum absolute atomic E-state index is 0.0143. The number of carbonyl (C=O) groups excluding carboxylic acids is 1. The minimum Gasteiger partial charge on any atom is -0.352 e. The number of H-pyrrole nitrogens is 2. The Morgan fingerprint density at radius 2 is 1.64 bits per heavy atom. The van der Waals surface area contributed by atoms with E-state index in [4.69, 9.17) is 0 Å². The van der Waals surface area contributed by atoms with Gasteiger partial charge in [0, 0.05) is 22.7 Å². The second-order valence-electron chi connectivity index (χ2n) is 7.24. The number of amides is 1. The molecule has 0 radical (unpaired) electrons. The van der Waals surface area contributed by atoms with Crippen LogP contribution in [-0.2, 0) is 10.0 Å². The Kier molecular flexibility index (Phi) is 6.85. The van der Waals surface area contributed by atoms with Crippen LogP contribution in [0.15, 0.2) is 87.4 Å². The molecule has 0 unspecified atom stereocenters. The molecule has 0 spiro atoms. The average molecular weight is 483 g/mol. The van der Waals surface area contributed by atoms with Crippen molar-refractivity contribution in [2.24, 2.45) is 0 Å². The average Bonchev–Trinajstić information content (AvgIpc) is 3.19. The molecule has 10 heteroatoms. The Morgan fingerprint density at radius 1 is 0.909 bits per heavy atom. The molecule has 0 saturated carbocycles. The van der Waals surface area contributed by atoms with Gasteiger partial charge >= 0.3 is 5.69 Å². The highest BCUT2D eigenvalue weighted by atomic mass is 32.2. The Hall–Kier alpha value is -3.50. The fourth-order valence-corrected chi connectivity index (χ4v) is 5.12. The number of carbonyl (C=O) groups is 1. The summed E-state index contributed by atoms with van der Waals surface area (Å²) in [4.78, 5) is 30.0. The van der Waals surface area contributed by atoms with Crippen LogP contribution in [0.1, 0.15) is 16.8 Å². The predicted molar refractivity (Wildman–Crippen MR) is 130 cm³/mol. The van der Waals surface area contributed by atoms with Gasteiger partial charge in [0.2, 0.25) is 0 Å². The van der Waals surface area contributed by atoms with Crippen LogP contribution in [0.2, 0.25) is 0 Å². The largest absolute Gasteiger partial charge is 0.352 e. The molecule has 8 nitrogen and oxygen atoms in total. The SMILES string of the molecule is O=C(NCCCSc1ccccc1)c1ccc(NS(=O)(=O)c2ccc3[nH]c(=O)[nH]c3c2)cc1. The van der Waals surface area contributed by atoms with E-state index in [0.29, 0.717) is 28.8 Å². The number of aromatic nitrogens is 2. The maximum Gasteiger partial charge on any atom is 0.323 e. The molecule has 1 amide bonds. The van der Waals surface area contributed by atoms with Crippen molar-refractivity contribution in [1.29, 1.82) is 0 Å². The van der Waals surface area contributed by atoms with Gasteiger partial charge in [0.15, 0.2) is 0 Å². The fourth-order valence-electron chi connectivity index (χ4n) is 3.17. The molecule has 4 N–H and O–H groups in total. The van der Waals surface area contributed by atoms with Crippen molar-refractivity contribution in [1.82, 2.24) is 15.3 Å². The number of fused-ring (bicyclic) bond motifs is 1. The van der Waals surface area contributed by atoms with E-state index < -0.39 is 15.7 Å². The molecule has 170 valence electrons. The molecule has 0 aliphatic rings. The summed E-state index contributed by atoms with van der Waals surface area (Å²) < 4.78 is 27.8. The molecule has 0 aliphatic heterocycles. The predicted octanol–water partition coefficient (Wildman–Crippen LogP) is 3.57. The molecule has 0 bridgehead atoms. The molecule has 4 rings (SSSR count). The third kappa shape index (κ3) is 5.85. The lowest BCUT2D eigenvalue weighted by Crippen LogP contribution is -2.24. The minimum atomic E-state index is -3.86. The molecular formula is C23H22N4O4S2. The highest BCUT2D eigenvalue weighted by Gasteiger charge is 2.16. The first-order valence-corrected chi connectivity index (χ1v) is 12.7. The zero-order valence-electron chi connectivity index (χ0n) is 17.5. The molecule has 1 aromatic heterocycles. The topological polar surface area (TPSA) is 124 Å². The molecule has 0 fully saturated rings. The number of thioether (sulfide) groups is 1. The van der Waals surface area contributed by atoms with Gasteiger partial charge in [-0.25, -0.2) is 13.2 Å². The number of sulfonamides is 1. The van der Waals surface area contributed by atoms with Crippen molar-refractivity contribution in [3.8, 4) is 0 Å². The van der Waals surface area contributed by atoms with Gasteiger partial charge in [-0.1, -0.05) is 18.2 Å². The van der Waals surface area contributed by atoms with Crippen molar-refractivity contribution < 1.29 is 13.2 Å². The van der Waals surface area contributed by atoms with Crippen LogP contribution in [0, 0.1) is 0 Å². The molecule has 0 atom stereocenters. The summed E-state index contributed by atoms with van der Waals surface area (Å²) in [5.41, 5.74) is 1.29. The number of hydrogen-bond acceptors (Lipinski definition) is 5. The summed E-state index contributed by atoms with van der Waals surface area (Å²) in [7, 11) is -3.86. The van der Waals surface area contributed by atoms with Gasteiger partial charge in [0.1, 0.15) is 0 Å². The second-order valence-corrected chi connectivity index (χ2v) is 10.1. The molecule has 4 aromatic rings. The summed E-state index contributed by atoms with van der Waals surface area (Å²) in [5.74, 6) is 0.684. The molecule has 0 aliphatic carbocycles. The molecule has 33 heavy (non-hydrogen) atoms. The normalized spacial score (nSPS) is 11.4. The van der Waals surface area contributed by atoms with Crippen LogP contribution in [0.4, 0.5) is 5.69 Å². The maximum atomic E-state index is 12.7. The van der Waals surface area contributed by atoms with Crippen molar-refractivity contribution in [2.45, 2.75) is 16.2 Å². The van der Waals surface area contributed by atoms with E-state index in [9.17, 15) is 18.0 Å². The van der Waals surface area contributed by atoms with Crippen LogP contribution >= 0.6 is 11.8 Å². The van der Waals surface area contributed by atoms with E-state index >= 15 is 0 Å². The van der Waals surface area contributed by atoms with Crippen LogP contribution in [0.25, 0.3) is 11.0 Å². The molecule has 3 aromatic carbocycles. The van der Waals surface area contributed by atoms with Crippen LogP contribution in [0.5, 0.6) is 0 Å². The van der Waals surface area contributed by atoms with E-state index in [1.165, 1.54) is 35.2 Å². The Morgan fingerprint density at radius 3 is 2.39 bits per heavy atom. The number of nitrogens with one attached hydrogen (secondary N) is 4. The van der Waals surface area contributed by atoms with Gasteiger partial charge in [0.05, 0.1) is 15.9 Å². The third-order valence-electron chi connectivity index (χ3n) is 4.82. The van der Waals surface area contributed by atoms with Gasteiger partial charge in [-0.15, -0.1) is 11.8 Å². The van der Waals surface area contributed by atoms with Crippen molar-refractivity contribution in [2.75, 3.05) is 17.0 Å². The highest BCUT2D eigenvalue weighted by Crippen LogP contribution is 2.20. The van der Waals surface area contributed by atoms with Gasteiger partial charge in [-0.3, -0.25) is 9.52 Å². The van der Waals surface area contributed by atoms with Crippen molar-refractivity contribution >= 4 is 44.4 Å². The first kappa shape index (κ1) is 22.7. The first-order valence-electron chi connectivity index (χ1n) is 10.2. The summed E-state index contributed by atoms with van der Waals surface area (Å²) in [5, 5.41) is 2.87. The van der Waals surface area contributed by atoms with Gasteiger partial charge in [0.25, 0.3) is 15.9 Å². The van der Waals surface area contributed by atoms with E-state index in [2.05, 4.69) is 32.1 Å². The van der Waals surface area contributed by atoms with Crippen LogP contribution < -0.4 is 15.7 Å². The van der Waals surface area contributed by atoms with Gasteiger partial charge in [-0.2, -0.15) is 0 Å². The van der Waals surface area contributed by atoms with Gasteiger partial charge in [-0.05, 0) is 66.8 Å². The summed E-state index contributed by atoms with van der Waals surface area (Å²) in [6.45, 7) is 0.552. The van der Waals surface area contributed by atoms with Crippen LogP contribution in [0.3, 0.4) is 0 Å². The van der Waals surface area contributed by atoms with E-state index in [-0.39, 0.29) is 10.8 Å². The van der Waals surface area contributed by atoms with E-state index in [0.717, 1.165) is 12.2 Å². The highest BCUT2D eigenvalue weighted by molar-refractivity contribution is 7.99. The molecule has 1 heterocycles. The number of rotatable bonds is 9. The first-order chi connectivity index (χ1) is 15.9. The van der Waals surface area contributed by atoms with Crippen molar-refractivity contribution in [3.63, 3.8) is 0 Å². The Bertz CT molecular complexity index is 1410. The standard InChI is InChI=1S/C23H22N4O4S2/c28-22(24-13-4-14-32-18-5-2-1-3-6-18)16-7-9-17(10-8-16)27-33(30,31)19-11-12-20-21(15-19)26-23(29)25-20/h1-3,5-12,15,27H,4,13-14H2,(H,24,28)(H2,25,26,29).